The molecule has 1 aromatic heterocycles. The number of alkyl halides is 2. The Hall–Kier alpha value is -2.02. The van der Waals surface area contributed by atoms with Gasteiger partial charge in [0.25, 0.3) is 5.91 Å². The Morgan fingerprint density at radius 1 is 1.45 bits per heavy atom. The van der Waals surface area contributed by atoms with E-state index in [0.29, 0.717) is 11.3 Å². The SMILES string of the molecule is CC(NC(=O)c1cscn1)c1cccc(OC(F)F)c1. The maximum Gasteiger partial charge on any atom is 0.387 e. The molecule has 0 saturated heterocycles. The molecule has 1 heterocycles. The molecule has 0 bridgehead atoms. The molecule has 0 fully saturated rings. The fraction of sp³-hybridized carbons (Fsp3) is 0.231. The molecular weight excluding hydrogens is 286 g/mol. The maximum atomic E-state index is 12.2. The summed E-state index contributed by atoms with van der Waals surface area (Å²) in [5.41, 5.74) is 2.57. The predicted molar refractivity (Wildman–Crippen MR) is 71.1 cm³/mol. The molecule has 1 amide bonds. The lowest BCUT2D eigenvalue weighted by molar-refractivity contribution is -0.0499. The molecule has 1 aromatic carbocycles. The monoisotopic (exact) mass is 298 g/mol. The Bertz CT molecular complexity index is 576. The van der Waals surface area contributed by atoms with Crippen LogP contribution in [0.25, 0.3) is 0 Å². The van der Waals surface area contributed by atoms with Crippen molar-refractivity contribution in [2.75, 3.05) is 0 Å². The highest BCUT2D eigenvalue weighted by Gasteiger charge is 2.14. The second-order valence-corrected chi connectivity index (χ2v) is 4.74. The van der Waals surface area contributed by atoms with Crippen molar-refractivity contribution >= 4 is 17.2 Å². The topological polar surface area (TPSA) is 51.2 Å². The molecule has 1 unspecified atom stereocenters. The minimum atomic E-state index is -2.87. The zero-order valence-electron chi connectivity index (χ0n) is 10.5. The molecule has 1 N–H and O–H groups in total. The smallest absolute Gasteiger partial charge is 0.387 e. The van der Waals surface area contributed by atoms with Gasteiger partial charge >= 0.3 is 6.61 Å². The van der Waals surface area contributed by atoms with Crippen LogP contribution in [0.1, 0.15) is 29.0 Å². The summed E-state index contributed by atoms with van der Waals surface area (Å²) in [7, 11) is 0. The molecule has 0 aliphatic carbocycles. The third-order valence-corrected chi connectivity index (χ3v) is 3.18. The van der Waals surface area contributed by atoms with Crippen LogP contribution in [0.15, 0.2) is 35.2 Å². The van der Waals surface area contributed by atoms with Crippen molar-refractivity contribution in [3.8, 4) is 5.75 Å². The summed E-state index contributed by atoms with van der Waals surface area (Å²) >= 11 is 1.32. The molecule has 0 spiro atoms. The lowest BCUT2D eigenvalue weighted by Gasteiger charge is -2.14. The van der Waals surface area contributed by atoms with E-state index in [9.17, 15) is 13.6 Å². The largest absolute Gasteiger partial charge is 0.435 e. The zero-order valence-corrected chi connectivity index (χ0v) is 11.4. The van der Waals surface area contributed by atoms with Gasteiger partial charge in [-0.15, -0.1) is 11.3 Å². The van der Waals surface area contributed by atoms with E-state index in [1.54, 1.807) is 29.9 Å². The first kappa shape index (κ1) is 14.4. The highest BCUT2D eigenvalue weighted by Crippen LogP contribution is 2.21. The third-order valence-electron chi connectivity index (χ3n) is 2.60. The Balaban J connectivity index is 2.05. The molecule has 0 aliphatic rings. The van der Waals surface area contributed by atoms with Crippen molar-refractivity contribution in [1.29, 1.82) is 0 Å². The van der Waals surface area contributed by atoms with E-state index < -0.39 is 6.61 Å². The molecule has 1 atom stereocenters. The van der Waals surface area contributed by atoms with Gasteiger partial charge in [-0.05, 0) is 24.6 Å². The molecule has 0 aliphatic heterocycles. The van der Waals surface area contributed by atoms with Crippen molar-refractivity contribution in [1.82, 2.24) is 10.3 Å². The first-order valence-electron chi connectivity index (χ1n) is 5.80. The summed E-state index contributed by atoms with van der Waals surface area (Å²) in [5.74, 6) is -0.244. The lowest BCUT2D eigenvalue weighted by Crippen LogP contribution is -2.26. The number of carbonyl (C=O) groups is 1. The highest BCUT2D eigenvalue weighted by atomic mass is 32.1. The van der Waals surface area contributed by atoms with Gasteiger partial charge in [0, 0.05) is 5.38 Å². The van der Waals surface area contributed by atoms with Crippen LogP contribution >= 0.6 is 11.3 Å². The van der Waals surface area contributed by atoms with Crippen LogP contribution in [-0.2, 0) is 0 Å². The second-order valence-electron chi connectivity index (χ2n) is 4.02. The number of ether oxygens (including phenoxy) is 1. The predicted octanol–water partition coefficient (Wildman–Crippen LogP) is 3.24. The fourth-order valence-corrected chi connectivity index (χ4v) is 2.17. The van der Waals surface area contributed by atoms with Crippen LogP contribution in [0, 0.1) is 0 Å². The fourth-order valence-electron chi connectivity index (χ4n) is 1.64. The number of hydrogen-bond acceptors (Lipinski definition) is 4. The number of aromatic nitrogens is 1. The van der Waals surface area contributed by atoms with Gasteiger partial charge in [-0.1, -0.05) is 12.1 Å². The quantitative estimate of drug-likeness (QED) is 0.922. The molecule has 106 valence electrons. The summed E-state index contributed by atoms with van der Waals surface area (Å²) in [6.07, 6.45) is 0. The normalized spacial score (nSPS) is 12.2. The number of nitrogens with one attached hydrogen (secondary N) is 1. The van der Waals surface area contributed by atoms with Gasteiger partial charge < -0.3 is 10.1 Å². The number of nitrogens with zero attached hydrogens (tertiary/aromatic N) is 1. The van der Waals surface area contributed by atoms with E-state index in [1.807, 2.05) is 0 Å². The van der Waals surface area contributed by atoms with E-state index in [2.05, 4.69) is 15.0 Å². The lowest BCUT2D eigenvalue weighted by atomic mass is 10.1. The zero-order chi connectivity index (χ0) is 14.5. The van der Waals surface area contributed by atoms with Crippen molar-refractivity contribution < 1.29 is 18.3 Å². The van der Waals surface area contributed by atoms with Gasteiger partial charge in [-0.25, -0.2) is 4.98 Å². The number of amides is 1. The number of benzene rings is 1. The van der Waals surface area contributed by atoms with Gasteiger partial charge in [0.15, 0.2) is 0 Å². The summed E-state index contributed by atoms with van der Waals surface area (Å²) in [4.78, 5) is 15.7. The van der Waals surface area contributed by atoms with Gasteiger partial charge in [0.05, 0.1) is 11.6 Å². The second kappa shape index (κ2) is 6.42. The molecule has 20 heavy (non-hydrogen) atoms. The molecule has 2 rings (SSSR count). The molecule has 7 heteroatoms. The average Bonchev–Trinajstić information content (AvgIpc) is 2.92. The summed E-state index contributed by atoms with van der Waals surface area (Å²) < 4.78 is 28.6. The molecule has 4 nitrogen and oxygen atoms in total. The first-order chi connectivity index (χ1) is 9.56. The third kappa shape index (κ3) is 3.74. The Morgan fingerprint density at radius 2 is 2.25 bits per heavy atom. The molecule has 0 radical (unpaired) electrons. The standard InChI is InChI=1S/C13H12F2N2O2S/c1-8(17-12(18)11-6-20-7-16-11)9-3-2-4-10(5-9)19-13(14)15/h2-8,13H,1H3,(H,17,18). The minimum Gasteiger partial charge on any atom is -0.435 e. The minimum absolute atomic E-state index is 0.0623. The van der Waals surface area contributed by atoms with Crippen LogP contribution in [0.2, 0.25) is 0 Å². The average molecular weight is 298 g/mol. The van der Waals surface area contributed by atoms with E-state index >= 15 is 0 Å². The van der Waals surface area contributed by atoms with E-state index in [1.165, 1.54) is 23.5 Å². The number of rotatable bonds is 5. The molecule has 2 aromatic rings. The summed E-state index contributed by atoms with van der Waals surface area (Å²) in [5, 5.41) is 4.38. The van der Waals surface area contributed by atoms with Crippen LogP contribution in [-0.4, -0.2) is 17.5 Å². The van der Waals surface area contributed by atoms with Crippen molar-refractivity contribution in [3.63, 3.8) is 0 Å². The van der Waals surface area contributed by atoms with Crippen LogP contribution < -0.4 is 10.1 Å². The summed E-state index contributed by atoms with van der Waals surface area (Å²) in [6.45, 7) is -1.11. The van der Waals surface area contributed by atoms with Gasteiger partial charge in [-0.3, -0.25) is 4.79 Å². The maximum absolute atomic E-state index is 12.2. The Labute approximate surface area is 118 Å². The highest BCUT2D eigenvalue weighted by molar-refractivity contribution is 7.07. The van der Waals surface area contributed by atoms with Crippen molar-refractivity contribution in [2.45, 2.75) is 19.6 Å². The molecular formula is C13H12F2N2O2S. The van der Waals surface area contributed by atoms with E-state index in [4.69, 9.17) is 0 Å². The van der Waals surface area contributed by atoms with Gasteiger partial charge in [-0.2, -0.15) is 8.78 Å². The Morgan fingerprint density at radius 3 is 2.90 bits per heavy atom. The van der Waals surface area contributed by atoms with Crippen LogP contribution in [0.3, 0.4) is 0 Å². The number of hydrogen-bond donors (Lipinski definition) is 1. The number of halogens is 2. The van der Waals surface area contributed by atoms with Crippen molar-refractivity contribution in [2.24, 2.45) is 0 Å². The van der Waals surface area contributed by atoms with Gasteiger partial charge in [0.2, 0.25) is 0 Å². The Kier molecular flexibility index (Phi) is 4.62. The van der Waals surface area contributed by atoms with Crippen molar-refractivity contribution in [3.05, 3.63) is 46.4 Å². The van der Waals surface area contributed by atoms with E-state index in [-0.39, 0.29) is 17.7 Å². The molecule has 0 saturated carbocycles. The first-order valence-corrected chi connectivity index (χ1v) is 6.74. The van der Waals surface area contributed by atoms with E-state index in [0.717, 1.165) is 0 Å². The van der Waals surface area contributed by atoms with Crippen LogP contribution in [0.5, 0.6) is 5.75 Å². The number of thiazole rings is 1. The van der Waals surface area contributed by atoms with Crippen LogP contribution in [0.4, 0.5) is 8.78 Å². The number of carbonyl (C=O) groups excluding carboxylic acids is 1. The summed E-state index contributed by atoms with van der Waals surface area (Å²) in [6, 6.07) is 5.89. The van der Waals surface area contributed by atoms with Gasteiger partial charge in [0.1, 0.15) is 11.4 Å².